The molecule has 130 valence electrons. The number of hydrogen-bond donors (Lipinski definition) is 3. The molecule has 0 radical (unpaired) electrons. The number of sulfonamides is 1. The van der Waals surface area contributed by atoms with Crippen molar-refractivity contribution in [1.29, 1.82) is 0 Å². The molecule has 1 aliphatic rings. The van der Waals surface area contributed by atoms with Crippen LogP contribution in [0.5, 0.6) is 0 Å². The lowest BCUT2D eigenvalue weighted by molar-refractivity contribution is 0.0955. The molecule has 0 aromatic carbocycles. The van der Waals surface area contributed by atoms with Gasteiger partial charge in [-0.25, -0.2) is 13.1 Å². The first kappa shape index (κ1) is 18.0. The quantitative estimate of drug-likeness (QED) is 0.702. The molecule has 2 rings (SSSR count). The Kier molecular flexibility index (Phi) is 5.83. The van der Waals surface area contributed by atoms with E-state index in [2.05, 4.69) is 10.0 Å². The van der Waals surface area contributed by atoms with E-state index >= 15 is 0 Å². The van der Waals surface area contributed by atoms with Gasteiger partial charge in [-0.05, 0) is 24.8 Å². The van der Waals surface area contributed by atoms with Crippen molar-refractivity contribution >= 4 is 15.9 Å². The zero-order chi connectivity index (χ0) is 17.0. The first-order chi connectivity index (χ1) is 10.9. The van der Waals surface area contributed by atoms with Gasteiger partial charge in [0.1, 0.15) is 10.6 Å². The van der Waals surface area contributed by atoms with Gasteiger partial charge in [-0.15, -0.1) is 0 Å². The second-order valence-corrected chi connectivity index (χ2v) is 7.83. The number of carbonyl (C=O) groups excluding carboxylic acids is 1. The lowest BCUT2D eigenvalue weighted by Crippen LogP contribution is -2.45. The van der Waals surface area contributed by atoms with Crippen LogP contribution in [-0.2, 0) is 17.1 Å². The van der Waals surface area contributed by atoms with E-state index in [0.717, 1.165) is 25.7 Å². The SMILES string of the molecule is CNC(=O)c1cc(S(=O)(=O)NC(CN)C2CCCCC2)cn1C. The van der Waals surface area contributed by atoms with E-state index in [0.29, 0.717) is 5.69 Å². The van der Waals surface area contributed by atoms with Gasteiger partial charge in [0.2, 0.25) is 10.0 Å². The minimum atomic E-state index is -3.70. The molecule has 1 atom stereocenters. The van der Waals surface area contributed by atoms with E-state index in [1.54, 1.807) is 7.05 Å². The number of hydrogen-bond acceptors (Lipinski definition) is 4. The molecule has 1 unspecified atom stereocenters. The van der Waals surface area contributed by atoms with Crippen molar-refractivity contribution in [3.63, 3.8) is 0 Å². The molecule has 1 aliphatic carbocycles. The fourth-order valence-electron chi connectivity index (χ4n) is 3.18. The van der Waals surface area contributed by atoms with Crippen LogP contribution in [0.2, 0.25) is 0 Å². The Hall–Kier alpha value is -1.38. The predicted molar refractivity (Wildman–Crippen MR) is 88.5 cm³/mol. The van der Waals surface area contributed by atoms with Gasteiger partial charge in [0.15, 0.2) is 0 Å². The highest BCUT2D eigenvalue weighted by Crippen LogP contribution is 2.27. The lowest BCUT2D eigenvalue weighted by atomic mass is 9.84. The van der Waals surface area contributed by atoms with Crippen molar-refractivity contribution in [2.45, 2.75) is 43.0 Å². The van der Waals surface area contributed by atoms with E-state index in [4.69, 9.17) is 5.73 Å². The van der Waals surface area contributed by atoms with Gasteiger partial charge in [-0.2, -0.15) is 0 Å². The predicted octanol–water partition coefficient (Wildman–Crippen LogP) is 0.571. The summed E-state index contributed by atoms with van der Waals surface area (Å²) < 4.78 is 29.5. The van der Waals surface area contributed by atoms with Crippen LogP contribution in [0.4, 0.5) is 0 Å². The van der Waals surface area contributed by atoms with Gasteiger partial charge in [0, 0.05) is 32.9 Å². The normalized spacial score (nSPS) is 17.9. The van der Waals surface area contributed by atoms with Crippen LogP contribution in [0.1, 0.15) is 42.6 Å². The van der Waals surface area contributed by atoms with Crippen LogP contribution < -0.4 is 15.8 Å². The van der Waals surface area contributed by atoms with E-state index in [-0.39, 0.29) is 29.3 Å². The molecule has 1 heterocycles. The van der Waals surface area contributed by atoms with E-state index < -0.39 is 10.0 Å². The minimum Gasteiger partial charge on any atom is -0.354 e. The van der Waals surface area contributed by atoms with Crippen LogP contribution in [0.25, 0.3) is 0 Å². The number of aromatic nitrogens is 1. The molecular formula is C15H26N4O3S. The maximum Gasteiger partial charge on any atom is 0.267 e. The topological polar surface area (TPSA) is 106 Å². The van der Waals surface area contributed by atoms with E-state index in [1.165, 1.54) is 30.3 Å². The van der Waals surface area contributed by atoms with Gasteiger partial charge >= 0.3 is 0 Å². The summed E-state index contributed by atoms with van der Waals surface area (Å²) in [5.74, 6) is -0.0396. The van der Waals surface area contributed by atoms with Crippen molar-refractivity contribution in [3.05, 3.63) is 18.0 Å². The molecule has 1 aromatic rings. The average Bonchev–Trinajstić information content (AvgIpc) is 2.95. The highest BCUT2D eigenvalue weighted by molar-refractivity contribution is 7.89. The largest absolute Gasteiger partial charge is 0.354 e. The zero-order valence-electron chi connectivity index (χ0n) is 13.7. The molecule has 7 nitrogen and oxygen atoms in total. The minimum absolute atomic E-state index is 0.0906. The van der Waals surface area contributed by atoms with E-state index in [9.17, 15) is 13.2 Å². The fraction of sp³-hybridized carbons (Fsp3) is 0.667. The van der Waals surface area contributed by atoms with Gasteiger partial charge in [0.05, 0.1) is 0 Å². The first-order valence-corrected chi connectivity index (χ1v) is 9.48. The van der Waals surface area contributed by atoms with Gasteiger partial charge in [0.25, 0.3) is 5.91 Å². The molecule has 1 fully saturated rings. The number of carbonyl (C=O) groups is 1. The van der Waals surface area contributed by atoms with Crippen LogP contribution in [-0.4, -0.2) is 38.5 Å². The second kappa shape index (κ2) is 7.46. The Morgan fingerprint density at radius 1 is 1.39 bits per heavy atom. The molecule has 0 aliphatic heterocycles. The van der Waals surface area contributed by atoms with E-state index in [1.807, 2.05) is 0 Å². The number of nitrogens with zero attached hydrogens (tertiary/aromatic N) is 1. The third kappa shape index (κ3) is 4.13. The summed E-state index contributed by atoms with van der Waals surface area (Å²) in [6, 6.07) is 1.12. The molecule has 1 aromatic heterocycles. The van der Waals surface area contributed by atoms with Crippen LogP contribution in [0.15, 0.2) is 17.2 Å². The Balaban J connectivity index is 2.18. The van der Waals surface area contributed by atoms with Gasteiger partial charge in [-0.1, -0.05) is 19.3 Å². The number of rotatable bonds is 6. The summed E-state index contributed by atoms with van der Waals surface area (Å²) in [6.45, 7) is 0.277. The fourth-order valence-corrected chi connectivity index (χ4v) is 4.56. The smallest absolute Gasteiger partial charge is 0.267 e. The first-order valence-electron chi connectivity index (χ1n) is 8.00. The summed E-state index contributed by atoms with van der Waals surface area (Å²) in [6.07, 6.45) is 6.89. The van der Waals surface area contributed by atoms with Crippen molar-refractivity contribution < 1.29 is 13.2 Å². The van der Waals surface area contributed by atoms with Gasteiger partial charge in [-0.3, -0.25) is 4.79 Å². The number of nitrogens with one attached hydrogen (secondary N) is 2. The third-order valence-electron chi connectivity index (χ3n) is 4.53. The van der Waals surface area contributed by atoms with Crippen molar-refractivity contribution in [1.82, 2.24) is 14.6 Å². The molecular weight excluding hydrogens is 316 g/mol. The lowest BCUT2D eigenvalue weighted by Gasteiger charge is -2.29. The summed E-state index contributed by atoms with van der Waals surface area (Å²) >= 11 is 0. The molecule has 1 saturated carbocycles. The highest BCUT2D eigenvalue weighted by Gasteiger charge is 2.28. The summed E-state index contributed by atoms with van der Waals surface area (Å²) in [5, 5.41) is 2.50. The maximum atomic E-state index is 12.6. The van der Waals surface area contributed by atoms with Crippen LogP contribution in [0, 0.1) is 5.92 Å². The molecule has 23 heavy (non-hydrogen) atoms. The Morgan fingerprint density at radius 2 is 2.04 bits per heavy atom. The zero-order valence-corrected chi connectivity index (χ0v) is 14.5. The van der Waals surface area contributed by atoms with Gasteiger partial charge < -0.3 is 15.6 Å². The molecule has 1 amide bonds. The van der Waals surface area contributed by atoms with Crippen molar-refractivity contribution in [3.8, 4) is 0 Å². The molecule has 0 bridgehead atoms. The average molecular weight is 342 g/mol. The molecule has 8 heteroatoms. The van der Waals surface area contributed by atoms with Crippen LogP contribution >= 0.6 is 0 Å². The standard InChI is InChI=1S/C15H26N4O3S/c1-17-15(20)14-8-12(10-19(14)2)23(21,22)18-13(9-16)11-6-4-3-5-7-11/h8,10-11,13,18H,3-7,9,16H2,1-2H3,(H,17,20). The monoisotopic (exact) mass is 342 g/mol. The summed E-state index contributed by atoms with van der Waals surface area (Å²) in [5.41, 5.74) is 6.10. The summed E-state index contributed by atoms with van der Waals surface area (Å²) in [4.78, 5) is 11.8. The third-order valence-corrected chi connectivity index (χ3v) is 5.99. The number of nitrogens with two attached hydrogens (primary N) is 1. The molecule has 4 N–H and O–H groups in total. The Bertz CT molecular complexity index is 648. The Morgan fingerprint density at radius 3 is 2.61 bits per heavy atom. The molecule has 0 spiro atoms. The number of amides is 1. The van der Waals surface area contributed by atoms with Crippen LogP contribution in [0.3, 0.4) is 0 Å². The van der Waals surface area contributed by atoms with Crippen molar-refractivity contribution in [2.75, 3.05) is 13.6 Å². The number of aryl methyl sites for hydroxylation is 1. The highest BCUT2D eigenvalue weighted by atomic mass is 32.2. The van der Waals surface area contributed by atoms with Crippen molar-refractivity contribution in [2.24, 2.45) is 18.7 Å². The second-order valence-electron chi connectivity index (χ2n) is 6.11. The Labute approximate surface area is 137 Å². The molecule has 0 saturated heterocycles. The maximum absolute atomic E-state index is 12.6. The summed E-state index contributed by atoms with van der Waals surface area (Å²) in [7, 11) is -0.542.